The lowest BCUT2D eigenvalue weighted by Crippen LogP contribution is -2.28. The lowest BCUT2D eigenvalue weighted by Gasteiger charge is -2.21. The highest BCUT2D eigenvalue weighted by Crippen LogP contribution is 2.17. The van der Waals surface area contributed by atoms with Crippen molar-refractivity contribution in [1.29, 1.82) is 0 Å². The first kappa shape index (κ1) is 12.4. The molecular formula is C16H21N3. The smallest absolute Gasteiger partial charge is 0.0659 e. The van der Waals surface area contributed by atoms with Gasteiger partial charge < -0.3 is 5.32 Å². The monoisotopic (exact) mass is 255 g/mol. The molecule has 1 saturated heterocycles. The molecule has 0 bridgehead atoms. The van der Waals surface area contributed by atoms with Crippen molar-refractivity contribution in [3.05, 3.63) is 53.9 Å². The van der Waals surface area contributed by atoms with Crippen LogP contribution >= 0.6 is 0 Å². The number of rotatable bonds is 4. The van der Waals surface area contributed by atoms with E-state index in [1.165, 1.54) is 43.5 Å². The maximum absolute atomic E-state index is 4.48. The minimum absolute atomic E-state index is 0.829. The average molecular weight is 255 g/mol. The van der Waals surface area contributed by atoms with Crippen molar-refractivity contribution in [2.75, 3.05) is 13.1 Å². The van der Waals surface area contributed by atoms with Gasteiger partial charge in [-0.05, 0) is 49.4 Å². The van der Waals surface area contributed by atoms with E-state index in [0.29, 0.717) is 0 Å². The van der Waals surface area contributed by atoms with Gasteiger partial charge >= 0.3 is 0 Å². The van der Waals surface area contributed by atoms with Crippen LogP contribution < -0.4 is 5.32 Å². The quantitative estimate of drug-likeness (QED) is 0.909. The van der Waals surface area contributed by atoms with Gasteiger partial charge in [0.2, 0.25) is 0 Å². The molecule has 0 saturated carbocycles. The molecule has 100 valence electrons. The van der Waals surface area contributed by atoms with Crippen molar-refractivity contribution < 1.29 is 0 Å². The summed E-state index contributed by atoms with van der Waals surface area (Å²) in [6.45, 7) is 3.21. The van der Waals surface area contributed by atoms with E-state index in [-0.39, 0.29) is 0 Å². The fourth-order valence-electron chi connectivity index (χ4n) is 2.79. The predicted molar refractivity (Wildman–Crippen MR) is 77.1 cm³/mol. The van der Waals surface area contributed by atoms with E-state index in [4.69, 9.17) is 0 Å². The molecule has 3 nitrogen and oxygen atoms in total. The Morgan fingerprint density at radius 1 is 1.11 bits per heavy atom. The van der Waals surface area contributed by atoms with E-state index in [1.54, 1.807) is 0 Å². The zero-order chi connectivity index (χ0) is 12.9. The number of benzene rings is 1. The van der Waals surface area contributed by atoms with Gasteiger partial charge in [-0.1, -0.05) is 30.3 Å². The van der Waals surface area contributed by atoms with Crippen molar-refractivity contribution >= 4 is 0 Å². The number of hydrogen-bond acceptors (Lipinski definition) is 2. The molecule has 0 atom stereocenters. The lowest BCUT2D eigenvalue weighted by molar-refractivity contribution is 0.372. The molecule has 2 heterocycles. The van der Waals surface area contributed by atoms with Crippen molar-refractivity contribution in [1.82, 2.24) is 15.1 Å². The summed E-state index contributed by atoms with van der Waals surface area (Å²) in [5.41, 5.74) is 2.68. The summed E-state index contributed by atoms with van der Waals surface area (Å²) in [5.74, 6) is 0.829. The Hall–Kier alpha value is -1.61. The highest BCUT2D eigenvalue weighted by atomic mass is 15.3. The summed E-state index contributed by atoms with van der Waals surface area (Å²) >= 11 is 0. The highest BCUT2D eigenvalue weighted by molar-refractivity contribution is 5.15. The fraction of sp³-hybridized carbons (Fsp3) is 0.438. The molecule has 0 spiro atoms. The third-order valence-corrected chi connectivity index (χ3v) is 3.86. The van der Waals surface area contributed by atoms with Gasteiger partial charge in [0.1, 0.15) is 0 Å². The highest BCUT2D eigenvalue weighted by Gasteiger charge is 2.14. The van der Waals surface area contributed by atoms with E-state index >= 15 is 0 Å². The van der Waals surface area contributed by atoms with Crippen LogP contribution in [0.3, 0.4) is 0 Å². The molecule has 1 aliphatic heterocycles. The standard InChI is InChI=1S/C16H21N3/c1-2-4-15(5-3-1)12-19-13-16(11-18-19)10-14-6-8-17-9-7-14/h1-5,11,13-14,17H,6-10,12H2. The van der Waals surface area contributed by atoms with E-state index in [9.17, 15) is 0 Å². The molecule has 1 fully saturated rings. The summed E-state index contributed by atoms with van der Waals surface area (Å²) in [5, 5.41) is 7.90. The van der Waals surface area contributed by atoms with Crippen LogP contribution in [0.2, 0.25) is 0 Å². The number of nitrogens with one attached hydrogen (secondary N) is 1. The summed E-state index contributed by atoms with van der Waals surface area (Å²) in [7, 11) is 0. The maximum Gasteiger partial charge on any atom is 0.0659 e. The van der Waals surface area contributed by atoms with Crippen LogP contribution in [0, 0.1) is 5.92 Å². The Balaban J connectivity index is 1.59. The lowest BCUT2D eigenvalue weighted by atomic mass is 9.92. The molecular weight excluding hydrogens is 234 g/mol. The first-order valence-corrected chi connectivity index (χ1v) is 7.16. The van der Waals surface area contributed by atoms with Crippen LogP contribution in [-0.2, 0) is 13.0 Å². The van der Waals surface area contributed by atoms with Crippen molar-refractivity contribution in [3.63, 3.8) is 0 Å². The van der Waals surface area contributed by atoms with Gasteiger partial charge in [0.05, 0.1) is 12.7 Å². The molecule has 0 aliphatic carbocycles. The first-order valence-electron chi connectivity index (χ1n) is 7.16. The average Bonchev–Trinajstić information content (AvgIpc) is 2.88. The second-order valence-corrected chi connectivity index (χ2v) is 5.43. The van der Waals surface area contributed by atoms with Crippen LogP contribution in [0.4, 0.5) is 0 Å². The van der Waals surface area contributed by atoms with E-state index in [1.807, 2.05) is 10.9 Å². The van der Waals surface area contributed by atoms with Gasteiger partial charge in [-0.3, -0.25) is 4.68 Å². The zero-order valence-corrected chi connectivity index (χ0v) is 11.3. The van der Waals surface area contributed by atoms with Gasteiger partial charge in [0, 0.05) is 6.20 Å². The number of nitrogens with zero attached hydrogens (tertiary/aromatic N) is 2. The Bertz CT molecular complexity index is 498. The number of hydrogen-bond donors (Lipinski definition) is 1. The van der Waals surface area contributed by atoms with Crippen LogP contribution in [0.15, 0.2) is 42.7 Å². The van der Waals surface area contributed by atoms with E-state index in [0.717, 1.165) is 12.5 Å². The van der Waals surface area contributed by atoms with E-state index in [2.05, 4.69) is 46.9 Å². The third kappa shape index (κ3) is 3.44. The molecule has 1 aromatic heterocycles. The topological polar surface area (TPSA) is 29.9 Å². The third-order valence-electron chi connectivity index (χ3n) is 3.86. The van der Waals surface area contributed by atoms with Crippen molar-refractivity contribution in [3.8, 4) is 0 Å². The van der Waals surface area contributed by atoms with Crippen LogP contribution in [-0.4, -0.2) is 22.9 Å². The van der Waals surface area contributed by atoms with Crippen molar-refractivity contribution in [2.24, 2.45) is 5.92 Å². The second-order valence-electron chi connectivity index (χ2n) is 5.43. The fourth-order valence-corrected chi connectivity index (χ4v) is 2.79. The number of aromatic nitrogens is 2. The SMILES string of the molecule is c1ccc(Cn2cc(CC3CCNCC3)cn2)cc1. The molecule has 0 radical (unpaired) electrons. The van der Waals surface area contributed by atoms with Crippen molar-refractivity contribution in [2.45, 2.75) is 25.8 Å². The Morgan fingerprint density at radius 3 is 2.68 bits per heavy atom. The Kier molecular flexibility index (Phi) is 3.94. The zero-order valence-electron chi connectivity index (χ0n) is 11.3. The van der Waals surface area contributed by atoms with Gasteiger partial charge in [-0.15, -0.1) is 0 Å². The minimum atomic E-state index is 0.829. The molecule has 2 aromatic rings. The normalized spacial score (nSPS) is 16.6. The molecule has 0 amide bonds. The summed E-state index contributed by atoms with van der Waals surface area (Å²) in [6.07, 6.45) is 8.00. The first-order chi connectivity index (χ1) is 9.40. The maximum atomic E-state index is 4.48. The van der Waals surface area contributed by atoms with Gasteiger partial charge in [0.25, 0.3) is 0 Å². The van der Waals surface area contributed by atoms with E-state index < -0.39 is 0 Å². The Morgan fingerprint density at radius 2 is 1.89 bits per heavy atom. The predicted octanol–water partition coefficient (Wildman–Crippen LogP) is 2.47. The van der Waals surface area contributed by atoms with Crippen LogP contribution in [0.25, 0.3) is 0 Å². The van der Waals surface area contributed by atoms with Crippen LogP contribution in [0.1, 0.15) is 24.0 Å². The molecule has 3 rings (SSSR count). The Labute approximate surface area is 114 Å². The van der Waals surface area contributed by atoms with Gasteiger partial charge in [0.15, 0.2) is 0 Å². The molecule has 1 aromatic carbocycles. The number of piperidine rings is 1. The molecule has 0 unspecified atom stereocenters. The molecule has 19 heavy (non-hydrogen) atoms. The van der Waals surface area contributed by atoms with Crippen LogP contribution in [0.5, 0.6) is 0 Å². The largest absolute Gasteiger partial charge is 0.317 e. The minimum Gasteiger partial charge on any atom is -0.317 e. The molecule has 1 N–H and O–H groups in total. The summed E-state index contributed by atoms with van der Waals surface area (Å²) in [4.78, 5) is 0. The molecule has 3 heteroatoms. The summed E-state index contributed by atoms with van der Waals surface area (Å²) in [6, 6.07) is 10.5. The summed E-state index contributed by atoms with van der Waals surface area (Å²) < 4.78 is 2.05. The van der Waals surface area contributed by atoms with Gasteiger partial charge in [-0.2, -0.15) is 5.10 Å². The second kappa shape index (κ2) is 6.02. The van der Waals surface area contributed by atoms with Gasteiger partial charge in [-0.25, -0.2) is 0 Å². The molecule has 1 aliphatic rings.